The van der Waals surface area contributed by atoms with Gasteiger partial charge in [0.15, 0.2) is 0 Å². The van der Waals surface area contributed by atoms with Crippen LogP contribution in [-0.4, -0.2) is 44.6 Å². The summed E-state index contributed by atoms with van der Waals surface area (Å²) >= 11 is 0. The highest BCUT2D eigenvalue weighted by Gasteiger charge is 2.22. The summed E-state index contributed by atoms with van der Waals surface area (Å²) in [7, 11) is 3.26. The van der Waals surface area contributed by atoms with Crippen molar-refractivity contribution in [3.05, 3.63) is 18.2 Å². The fourth-order valence-electron chi connectivity index (χ4n) is 2.17. The van der Waals surface area contributed by atoms with Gasteiger partial charge in [-0.05, 0) is 12.1 Å². The predicted molar refractivity (Wildman–Crippen MR) is 76.6 cm³/mol. The smallest absolute Gasteiger partial charge is 0.271 e. The Kier molecular flexibility index (Phi) is 3.13. The SMILES string of the molecule is CN1N=C(C(=O)Nc2cccc3nn(C)nc23)CCC1=O. The van der Waals surface area contributed by atoms with Crippen LogP contribution in [0.25, 0.3) is 11.0 Å². The number of aryl methyl sites for hydroxylation is 1. The minimum atomic E-state index is -0.326. The molecule has 0 saturated carbocycles. The number of hydrazone groups is 1. The molecular weight excluding hydrogens is 272 g/mol. The minimum absolute atomic E-state index is 0.0948. The quantitative estimate of drug-likeness (QED) is 0.870. The molecule has 0 atom stereocenters. The number of carbonyl (C=O) groups is 2. The first-order valence-electron chi connectivity index (χ1n) is 6.50. The lowest BCUT2D eigenvalue weighted by atomic mass is 10.1. The van der Waals surface area contributed by atoms with Crippen molar-refractivity contribution in [2.24, 2.45) is 12.1 Å². The number of carbonyl (C=O) groups excluding carboxylic acids is 2. The van der Waals surface area contributed by atoms with Crippen molar-refractivity contribution in [1.82, 2.24) is 20.0 Å². The van der Waals surface area contributed by atoms with Crippen molar-refractivity contribution in [3.8, 4) is 0 Å². The lowest BCUT2D eigenvalue weighted by Crippen LogP contribution is -2.34. The number of anilines is 1. The van der Waals surface area contributed by atoms with Gasteiger partial charge >= 0.3 is 0 Å². The van der Waals surface area contributed by atoms with Crippen LogP contribution in [0.3, 0.4) is 0 Å². The molecule has 0 bridgehead atoms. The van der Waals surface area contributed by atoms with Crippen LogP contribution in [-0.2, 0) is 16.6 Å². The zero-order chi connectivity index (χ0) is 15.0. The maximum absolute atomic E-state index is 12.2. The predicted octanol–water partition coefficient (Wildman–Crippen LogP) is 0.515. The molecule has 8 nitrogen and oxygen atoms in total. The van der Waals surface area contributed by atoms with Crippen LogP contribution in [0.5, 0.6) is 0 Å². The Hall–Kier alpha value is -2.77. The van der Waals surface area contributed by atoms with E-state index in [9.17, 15) is 9.59 Å². The molecule has 108 valence electrons. The van der Waals surface area contributed by atoms with Gasteiger partial charge in [0.1, 0.15) is 16.7 Å². The zero-order valence-corrected chi connectivity index (χ0v) is 11.7. The summed E-state index contributed by atoms with van der Waals surface area (Å²) in [6, 6.07) is 5.38. The Labute approximate surface area is 120 Å². The van der Waals surface area contributed by atoms with E-state index >= 15 is 0 Å². The van der Waals surface area contributed by atoms with Crippen molar-refractivity contribution < 1.29 is 9.59 Å². The highest BCUT2D eigenvalue weighted by atomic mass is 16.2. The van der Waals surface area contributed by atoms with Crippen LogP contribution < -0.4 is 5.32 Å². The van der Waals surface area contributed by atoms with Crippen molar-refractivity contribution in [2.75, 3.05) is 12.4 Å². The van der Waals surface area contributed by atoms with Gasteiger partial charge in [-0.2, -0.15) is 20.1 Å². The van der Waals surface area contributed by atoms with Gasteiger partial charge in [-0.25, -0.2) is 5.01 Å². The summed E-state index contributed by atoms with van der Waals surface area (Å²) in [5.74, 6) is -0.421. The van der Waals surface area contributed by atoms with Crippen molar-refractivity contribution in [1.29, 1.82) is 0 Å². The van der Waals surface area contributed by atoms with Gasteiger partial charge in [-0.3, -0.25) is 9.59 Å². The number of hydrogen-bond acceptors (Lipinski definition) is 5. The van der Waals surface area contributed by atoms with Crippen LogP contribution in [0.2, 0.25) is 0 Å². The van der Waals surface area contributed by atoms with Gasteiger partial charge in [0.2, 0.25) is 5.91 Å². The van der Waals surface area contributed by atoms with Crippen LogP contribution in [0.15, 0.2) is 23.3 Å². The van der Waals surface area contributed by atoms with E-state index in [1.807, 2.05) is 6.07 Å². The van der Waals surface area contributed by atoms with Crippen LogP contribution in [0, 0.1) is 0 Å². The van der Waals surface area contributed by atoms with Gasteiger partial charge in [-0.1, -0.05) is 6.07 Å². The monoisotopic (exact) mass is 286 g/mol. The summed E-state index contributed by atoms with van der Waals surface area (Å²) in [5, 5.41) is 16.4. The molecule has 0 radical (unpaired) electrons. The normalized spacial score (nSPS) is 15.2. The average molecular weight is 286 g/mol. The Bertz CT molecular complexity index is 763. The minimum Gasteiger partial charge on any atom is -0.319 e. The number of fused-ring (bicyclic) bond motifs is 1. The number of nitrogens with zero attached hydrogens (tertiary/aromatic N) is 5. The molecule has 1 aromatic carbocycles. The molecule has 0 saturated heterocycles. The molecule has 3 rings (SSSR count). The molecule has 8 heteroatoms. The molecular formula is C13H14N6O2. The third kappa shape index (κ3) is 2.47. The first kappa shape index (κ1) is 13.2. The second-order valence-electron chi connectivity index (χ2n) is 4.78. The van der Waals surface area contributed by atoms with E-state index in [2.05, 4.69) is 20.6 Å². The standard InChI is InChI=1S/C13H14N6O2/c1-18-11(20)7-6-10(15-18)13(21)14-8-4-3-5-9-12(8)17-19(2)16-9/h3-5H,6-7H2,1-2H3,(H,14,21). The van der Waals surface area contributed by atoms with Gasteiger partial charge in [-0.15, -0.1) is 0 Å². The number of amides is 2. The number of hydrogen-bond donors (Lipinski definition) is 1. The molecule has 2 heterocycles. The molecule has 2 amide bonds. The molecule has 1 N–H and O–H groups in total. The molecule has 1 aliphatic heterocycles. The van der Waals surface area contributed by atoms with Crippen LogP contribution in [0.1, 0.15) is 12.8 Å². The second kappa shape index (κ2) is 4.97. The van der Waals surface area contributed by atoms with Gasteiger partial charge in [0.25, 0.3) is 5.91 Å². The van der Waals surface area contributed by atoms with E-state index in [0.29, 0.717) is 28.9 Å². The highest BCUT2D eigenvalue weighted by molar-refractivity contribution is 6.44. The lowest BCUT2D eigenvalue weighted by Gasteiger charge is -2.18. The molecule has 21 heavy (non-hydrogen) atoms. The first-order chi connectivity index (χ1) is 10.0. The molecule has 0 spiro atoms. The second-order valence-corrected chi connectivity index (χ2v) is 4.78. The summed E-state index contributed by atoms with van der Waals surface area (Å²) in [6.45, 7) is 0. The fourth-order valence-corrected chi connectivity index (χ4v) is 2.17. The van der Waals surface area contributed by atoms with E-state index in [0.717, 1.165) is 0 Å². The average Bonchev–Trinajstić information content (AvgIpc) is 2.83. The summed E-state index contributed by atoms with van der Waals surface area (Å²) < 4.78 is 0. The van der Waals surface area contributed by atoms with Crippen molar-refractivity contribution in [2.45, 2.75) is 12.8 Å². The lowest BCUT2D eigenvalue weighted by molar-refractivity contribution is -0.130. The fraction of sp³-hybridized carbons (Fsp3) is 0.308. The first-order valence-corrected chi connectivity index (χ1v) is 6.50. The summed E-state index contributed by atoms with van der Waals surface area (Å²) in [5.41, 5.74) is 2.23. The molecule has 0 fully saturated rings. The molecule has 1 aliphatic rings. The molecule has 0 aliphatic carbocycles. The number of aromatic nitrogens is 3. The maximum Gasteiger partial charge on any atom is 0.271 e. The molecule has 2 aromatic rings. The van der Waals surface area contributed by atoms with Gasteiger partial charge in [0.05, 0.1) is 5.69 Å². The maximum atomic E-state index is 12.2. The van der Waals surface area contributed by atoms with E-state index < -0.39 is 0 Å². The largest absolute Gasteiger partial charge is 0.319 e. The van der Waals surface area contributed by atoms with Crippen LogP contribution in [0.4, 0.5) is 5.69 Å². The zero-order valence-electron chi connectivity index (χ0n) is 11.7. The Morgan fingerprint density at radius 3 is 2.81 bits per heavy atom. The number of benzene rings is 1. The summed E-state index contributed by atoms with van der Waals surface area (Å²) in [6.07, 6.45) is 0.629. The molecule has 1 aromatic heterocycles. The Morgan fingerprint density at radius 1 is 1.24 bits per heavy atom. The topological polar surface area (TPSA) is 92.5 Å². The Balaban J connectivity index is 1.87. The van der Waals surface area contributed by atoms with E-state index in [4.69, 9.17) is 0 Å². The van der Waals surface area contributed by atoms with Gasteiger partial charge in [0, 0.05) is 26.9 Å². The van der Waals surface area contributed by atoms with Crippen molar-refractivity contribution in [3.63, 3.8) is 0 Å². The summed E-state index contributed by atoms with van der Waals surface area (Å²) in [4.78, 5) is 25.0. The highest BCUT2D eigenvalue weighted by Crippen LogP contribution is 2.20. The van der Waals surface area contributed by atoms with E-state index in [1.54, 1.807) is 19.2 Å². The van der Waals surface area contributed by atoms with Crippen LogP contribution >= 0.6 is 0 Å². The number of nitrogens with one attached hydrogen (secondary N) is 1. The number of rotatable bonds is 2. The van der Waals surface area contributed by atoms with Crippen molar-refractivity contribution >= 4 is 34.2 Å². The van der Waals surface area contributed by atoms with Gasteiger partial charge < -0.3 is 5.32 Å². The Morgan fingerprint density at radius 2 is 2.05 bits per heavy atom. The van der Waals surface area contributed by atoms with E-state index in [1.165, 1.54) is 16.9 Å². The third-order valence-electron chi connectivity index (χ3n) is 3.23. The van der Waals surface area contributed by atoms with E-state index in [-0.39, 0.29) is 18.2 Å². The third-order valence-corrected chi connectivity index (χ3v) is 3.23. The molecule has 0 unspecified atom stereocenters.